The zero-order chi connectivity index (χ0) is 18.7. The van der Waals surface area contributed by atoms with Gasteiger partial charge in [-0.1, -0.05) is 12.1 Å². The van der Waals surface area contributed by atoms with E-state index in [0.29, 0.717) is 33.2 Å². The van der Waals surface area contributed by atoms with Crippen molar-refractivity contribution in [1.82, 2.24) is 9.97 Å². The maximum Gasteiger partial charge on any atom is 0.255 e. The van der Waals surface area contributed by atoms with Crippen LogP contribution in [-0.4, -0.2) is 26.3 Å². The normalized spacial score (nSPS) is 11.8. The van der Waals surface area contributed by atoms with Gasteiger partial charge in [0, 0.05) is 50.5 Å². The third kappa shape index (κ3) is 4.12. The molecule has 0 aliphatic carbocycles. The molecule has 0 bridgehead atoms. The van der Waals surface area contributed by atoms with Crippen LogP contribution in [0.3, 0.4) is 0 Å². The molecule has 2 aromatic carbocycles. The Balaban J connectivity index is 1.83. The Hall–Kier alpha value is -3.06. The van der Waals surface area contributed by atoms with Crippen LogP contribution in [0.25, 0.3) is 11.4 Å². The average molecular weight is 367 g/mol. The monoisotopic (exact) mass is 367 g/mol. The van der Waals surface area contributed by atoms with Gasteiger partial charge in [0.25, 0.3) is 11.5 Å². The minimum atomic E-state index is -1.08. The van der Waals surface area contributed by atoms with Gasteiger partial charge in [0.15, 0.2) is 0 Å². The predicted molar refractivity (Wildman–Crippen MR) is 102 cm³/mol. The van der Waals surface area contributed by atoms with E-state index in [1.165, 1.54) is 6.07 Å². The molecule has 2 N–H and O–H groups in total. The Morgan fingerprint density at radius 1 is 1.12 bits per heavy atom. The SMILES string of the molecule is Cc1cc(=O)[nH]c(-c2cccc(NC(=O)c3ccc([S@](C)=O)cc3)c2)n1. The van der Waals surface area contributed by atoms with E-state index >= 15 is 0 Å². The number of carbonyl (C=O) groups is 1. The van der Waals surface area contributed by atoms with Gasteiger partial charge in [0.05, 0.1) is 0 Å². The molecule has 0 aliphatic rings. The predicted octanol–water partition coefficient (Wildman–Crippen LogP) is 2.74. The summed E-state index contributed by atoms with van der Waals surface area (Å²) in [5.41, 5.74) is 2.13. The summed E-state index contributed by atoms with van der Waals surface area (Å²) in [5, 5.41) is 2.81. The van der Waals surface area contributed by atoms with Gasteiger partial charge in [-0.3, -0.25) is 13.8 Å². The Labute approximate surface area is 152 Å². The summed E-state index contributed by atoms with van der Waals surface area (Å²) in [4.78, 5) is 31.7. The summed E-state index contributed by atoms with van der Waals surface area (Å²) in [6, 6.07) is 15.1. The van der Waals surface area contributed by atoms with Crippen molar-refractivity contribution in [3.05, 3.63) is 76.2 Å². The van der Waals surface area contributed by atoms with Crippen LogP contribution in [0.4, 0.5) is 5.69 Å². The van der Waals surface area contributed by atoms with Gasteiger partial charge in [0.2, 0.25) is 0 Å². The van der Waals surface area contributed by atoms with Gasteiger partial charge in [-0.25, -0.2) is 4.98 Å². The standard InChI is InChI=1S/C19H17N3O3S/c1-12-10-17(23)22-18(20-12)14-4-3-5-15(11-14)21-19(24)13-6-8-16(9-7-13)26(2)25/h3-11H,1-2H3,(H,21,24)(H,20,22,23)/t26-/m0/s1. The molecular formula is C19H17N3O3S. The largest absolute Gasteiger partial charge is 0.322 e. The summed E-state index contributed by atoms with van der Waals surface area (Å²) < 4.78 is 11.4. The fraction of sp³-hybridized carbons (Fsp3) is 0.105. The molecular weight excluding hydrogens is 350 g/mol. The number of rotatable bonds is 4. The Kier molecular flexibility index (Phi) is 5.09. The van der Waals surface area contributed by atoms with E-state index < -0.39 is 10.8 Å². The maximum absolute atomic E-state index is 12.4. The number of nitrogens with one attached hydrogen (secondary N) is 2. The molecule has 1 amide bonds. The van der Waals surface area contributed by atoms with E-state index in [1.807, 2.05) is 0 Å². The van der Waals surface area contributed by atoms with Gasteiger partial charge in [0.1, 0.15) is 5.82 Å². The summed E-state index contributed by atoms with van der Waals surface area (Å²) >= 11 is 0. The fourth-order valence-electron chi connectivity index (χ4n) is 2.46. The third-order valence-electron chi connectivity index (χ3n) is 3.71. The van der Waals surface area contributed by atoms with Gasteiger partial charge in [-0.15, -0.1) is 0 Å². The van der Waals surface area contributed by atoms with Crippen LogP contribution in [0.15, 0.2) is 64.3 Å². The molecule has 3 rings (SSSR count). The number of hydrogen-bond donors (Lipinski definition) is 2. The topological polar surface area (TPSA) is 91.9 Å². The number of hydrogen-bond acceptors (Lipinski definition) is 4. The van der Waals surface area contributed by atoms with Crippen molar-refractivity contribution in [3.8, 4) is 11.4 Å². The Morgan fingerprint density at radius 3 is 2.50 bits per heavy atom. The van der Waals surface area contributed by atoms with Crippen molar-refractivity contribution < 1.29 is 9.00 Å². The Bertz CT molecular complexity index is 1040. The number of anilines is 1. The van der Waals surface area contributed by atoms with Crippen molar-refractivity contribution >= 4 is 22.4 Å². The molecule has 0 spiro atoms. The van der Waals surface area contributed by atoms with Crippen molar-refractivity contribution in [2.45, 2.75) is 11.8 Å². The minimum Gasteiger partial charge on any atom is -0.322 e. The van der Waals surface area contributed by atoms with E-state index in [2.05, 4.69) is 15.3 Å². The summed E-state index contributed by atoms with van der Waals surface area (Å²) in [6.45, 7) is 1.75. The highest BCUT2D eigenvalue weighted by molar-refractivity contribution is 7.84. The molecule has 1 heterocycles. The number of aromatic amines is 1. The van der Waals surface area contributed by atoms with Crippen molar-refractivity contribution in [1.29, 1.82) is 0 Å². The third-order valence-corrected chi connectivity index (χ3v) is 4.65. The van der Waals surface area contributed by atoms with E-state index in [0.717, 1.165) is 0 Å². The lowest BCUT2D eigenvalue weighted by Crippen LogP contribution is -2.12. The highest BCUT2D eigenvalue weighted by Gasteiger charge is 2.09. The first-order valence-electron chi connectivity index (χ1n) is 7.85. The summed E-state index contributed by atoms with van der Waals surface area (Å²) in [6.07, 6.45) is 1.59. The van der Waals surface area contributed by atoms with E-state index in [1.54, 1.807) is 61.7 Å². The number of amides is 1. The zero-order valence-electron chi connectivity index (χ0n) is 14.3. The number of nitrogens with zero attached hydrogens (tertiary/aromatic N) is 1. The van der Waals surface area contributed by atoms with Crippen LogP contribution < -0.4 is 10.9 Å². The lowest BCUT2D eigenvalue weighted by Gasteiger charge is -2.08. The molecule has 0 aliphatic heterocycles. The minimum absolute atomic E-state index is 0.227. The molecule has 3 aromatic rings. The molecule has 0 fully saturated rings. The molecule has 0 radical (unpaired) electrons. The molecule has 132 valence electrons. The molecule has 26 heavy (non-hydrogen) atoms. The molecule has 0 unspecified atom stereocenters. The molecule has 1 atom stereocenters. The highest BCUT2D eigenvalue weighted by Crippen LogP contribution is 2.19. The second kappa shape index (κ2) is 7.45. The van der Waals surface area contributed by atoms with Crippen LogP contribution >= 0.6 is 0 Å². The first-order valence-corrected chi connectivity index (χ1v) is 9.41. The fourth-order valence-corrected chi connectivity index (χ4v) is 2.98. The number of aryl methyl sites for hydroxylation is 1. The zero-order valence-corrected chi connectivity index (χ0v) is 15.1. The highest BCUT2D eigenvalue weighted by atomic mass is 32.2. The molecule has 1 aromatic heterocycles. The maximum atomic E-state index is 12.4. The van der Waals surface area contributed by atoms with Gasteiger partial charge >= 0.3 is 0 Å². The van der Waals surface area contributed by atoms with Crippen molar-refractivity contribution in [2.24, 2.45) is 0 Å². The van der Waals surface area contributed by atoms with Crippen LogP contribution in [0.5, 0.6) is 0 Å². The van der Waals surface area contributed by atoms with Gasteiger partial charge < -0.3 is 10.3 Å². The summed E-state index contributed by atoms with van der Waals surface area (Å²) in [7, 11) is -1.08. The van der Waals surface area contributed by atoms with Crippen molar-refractivity contribution in [3.63, 3.8) is 0 Å². The number of aromatic nitrogens is 2. The molecule has 0 saturated heterocycles. The quantitative estimate of drug-likeness (QED) is 0.742. The second-order valence-electron chi connectivity index (χ2n) is 5.75. The molecule has 0 saturated carbocycles. The lowest BCUT2D eigenvalue weighted by atomic mass is 10.1. The van der Waals surface area contributed by atoms with E-state index in [4.69, 9.17) is 0 Å². The molecule has 7 heteroatoms. The average Bonchev–Trinajstić information content (AvgIpc) is 2.61. The van der Waals surface area contributed by atoms with Crippen LogP contribution in [0, 0.1) is 6.92 Å². The van der Waals surface area contributed by atoms with Crippen molar-refractivity contribution in [2.75, 3.05) is 11.6 Å². The van der Waals surface area contributed by atoms with Gasteiger partial charge in [-0.05, 0) is 43.3 Å². The Morgan fingerprint density at radius 2 is 1.85 bits per heavy atom. The number of benzene rings is 2. The van der Waals surface area contributed by atoms with Gasteiger partial charge in [-0.2, -0.15) is 0 Å². The van der Waals surface area contributed by atoms with Crippen LogP contribution in [0.1, 0.15) is 16.1 Å². The molecule has 6 nitrogen and oxygen atoms in total. The lowest BCUT2D eigenvalue weighted by molar-refractivity contribution is 0.102. The number of H-pyrrole nitrogens is 1. The van der Waals surface area contributed by atoms with E-state index in [-0.39, 0.29) is 11.5 Å². The second-order valence-corrected chi connectivity index (χ2v) is 7.13. The first-order chi connectivity index (χ1) is 12.4. The van der Waals surface area contributed by atoms with Crippen LogP contribution in [0.2, 0.25) is 0 Å². The summed E-state index contributed by atoms with van der Waals surface area (Å²) in [5.74, 6) is 0.169. The smallest absolute Gasteiger partial charge is 0.255 e. The van der Waals surface area contributed by atoms with E-state index in [9.17, 15) is 13.8 Å². The van der Waals surface area contributed by atoms with Crippen LogP contribution in [-0.2, 0) is 10.8 Å². The first kappa shape index (κ1) is 17.8. The number of carbonyl (C=O) groups excluding carboxylic acids is 1.